The Bertz CT molecular complexity index is 906. The van der Waals surface area contributed by atoms with Gasteiger partial charge in [-0.05, 0) is 17.5 Å². The Morgan fingerprint density at radius 2 is 1.93 bits per heavy atom. The van der Waals surface area contributed by atoms with Gasteiger partial charge >= 0.3 is 0 Å². The molecule has 2 aromatic rings. The van der Waals surface area contributed by atoms with Crippen molar-refractivity contribution in [2.75, 3.05) is 62.8 Å². The summed E-state index contributed by atoms with van der Waals surface area (Å²) >= 11 is 0. The monoisotopic (exact) mass is 407 g/mol. The molecule has 1 aromatic carbocycles. The minimum Gasteiger partial charge on any atom is -0.395 e. The molecule has 1 fully saturated rings. The van der Waals surface area contributed by atoms with Crippen molar-refractivity contribution in [2.24, 2.45) is 0 Å². The van der Waals surface area contributed by atoms with Crippen molar-refractivity contribution in [3.05, 3.63) is 52.6 Å². The van der Waals surface area contributed by atoms with Crippen LogP contribution < -0.4 is 9.80 Å². The molecule has 1 N–H and O–H groups in total. The number of nitriles is 1. The van der Waals surface area contributed by atoms with Gasteiger partial charge in [0.05, 0.1) is 25.4 Å². The number of nitrogens with zero attached hydrogens (tertiary/aromatic N) is 5. The number of ether oxygens (including phenoxy) is 1. The van der Waals surface area contributed by atoms with Gasteiger partial charge in [-0.25, -0.2) is 4.98 Å². The second-order valence-electron chi connectivity index (χ2n) is 7.89. The predicted molar refractivity (Wildman–Crippen MR) is 117 cm³/mol. The highest BCUT2D eigenvalue weighted by atomic mass is 16.5. The molecule has 4 rings (SSSR count). The molecule has 0 radical (unpaired) electrons. The summed E-state index contributed by atoms with van der Waals surface area (Å²) < 4.78 is 5.55. The number of aliphatic hydroxyl groups is 1. The van der Waals surface area contributed by atoms with Crippen molar-refractivity contribution in [3.63, 3.8) is 0 Å². The Balaban J connectivity index is 1.72. The molecule has 30 heavy (non-hydrogen) atoms. The van der Waals surface area contributed by atoms with Crippen LogP contribution in [0.25, 0.3) is 0 Å². The van der Waals surface area contributed by atoms with E-state index in [0.29, 0.717) is 31.1 Å². The van der Waals surface area contributed by atoms with Gasteiger partial charge in [0.25, 0.3) is 0 Å². The Labute approximate surface area is 178 Å². The largest absolute Gasteiger partial charge is 0.395 e. The number of morpholine rings is 1. The van der Waals surface area contributed by atoms with Crippen molar-refractivity contribution >= 4 is 11.6 Å². The maximum Gasteiger partial charge on any atom is 0.149 e. The summed E-state index contributed by atoms with van der Waals surface area (Å²) in [5.74, 6) is 1.63. The second kappa shape index (κ2) is 9.43. The Kier molecular flexibility index (Phi) is 6.48. The molecule has 1 saturated heterocycles. The van der Waals surface area contributed by atoms with Gasteiger partial charge in [-0.3, -0.25) is 4.90 Å². The van der Waals surface area contributed by atoms with Crippen LogP contribution in [0, 0.1) is 11.3 Å². The molecule has 0 atom stereocenters. The lowest BCUT2D eigenvalue weighted by molar-refractivity contribution is 0.122. The number of aromatic nitrogens is 1. The maximum atomic E-state index is 9.97. The number of anilines is 2. The molecule has 0 aliphatic carbocycles. The first-order valence-electron chi connectivity index (χ1n) is 10.6. The third kappa shape index (κ3) is 4.26. The lowest BCUT2D eigenvalue weighted by atomic mass is 9.94. The summed E-state index contributed by atoms with van der Waals surface area (Å²) in [6, 6.07) is 12.9. The summed E-state index contributed by atoms with van der Waals surface area (Å²) in [5, 5.41) is 19.4. The van der Waals surface area contributed by atoms with Crippen LogP contribution in [0.3, 0.4) is 0 Å². The van der Waals surface area contributed by atoms with Gasteiger partial charge in [-0.2, -0.15) is 5.26 Å². The number of likely N-dealkylation sites (N-methyl/N-ethyl adjacent to an activating group) is 1. The van der Waals surface area contributed by atoms with Crippen LogP contribution in [-0.2, 0) is 24.2 Å². The Morgan fingerprint density at radius 1 is 1.17 bits per heavy atom. The van der Waals surface area contributed by atoms with Crippen LogP contribution >= 0.6 is 0 Å². The fraction of sp³-hybridized carbons (Fsp3) is 0.478. The van der Waals surface area contributed by atoms with Gasteiger partial charge in [0.1, 0.15) is 17.7 Å². The third-order valence-corrected chi connectivity index (χ3v) is 5.90. The lowest BCUT2D eigenvalue weighted by Crippen LogP contribution is -2.40. The van der Waals surface area contributed by atoms with Crippen LogP contribution in [0.15, 0.2) is 30.3 Å². The van der Waals surface area contributed by atoms with Crippen molar-refractivity contribution < 1.29 is 9.84 Å². The number of aliphatic hydroxyl groups excluding tert-OH is 1. The van der Waals surface area contributed by atoms with E-state index >= 15 is 0 Å². The highest BCUT2D eigenvalue weighted by molar-refractivity contribution is 5.67. The molecule has 7 heteroatoms. The highest BCUT2D eigenvalue weighted by Gasteiger charge is 2.29. The molecule has 0 saturated carbocycles. The van der Waals surface area contributed by atoms with Crippen molar-refractivity contribution in [1.29, 1.82) is 5.26 Å². The summed E-state index contributed by atoms with van der Waals surface area (Å²) in [6.07, 6.45) is 0.824. The highest BCUT2D eigenvalue weighted by Crippen LogP contribution is 2.35. The first-order valence-corrected chi connectivity index (χ1v) is 10.6. The number of benzene rings is 1. The van der Waals surface area contributed by atoms with Gasteiger partial charge in [0.15, 0.2) is 0 Å². The van der Waals surface area contributed by atoms with Crippen LogP contribution in [0.1, 0.15) is 22.3 Å². The SMILES string of the molecule is CN(CCO)c1nc(N2CCOCC2)c2c(c1C#N)CCN(Cc1ccccc1)C2. The minimum atomic E-state index is 0.0257. The van der Waals surface area contributed by atoms with Gasteiger partial charge in [-0.15, -0.1) is 0 Å². The van der Waals surface area contributed by atoms with Crippen molar-refractivity contribution in [2.45, 2.75) is 19.5 Å². The number of fused-ring (bicyclic) bond motifs is 1. The van der Waals surface area contributed by atoms with E-state index in [2.05, 4.69) is 40.1 Å². The zero-order valence-corrected chi connectivity index (χ0v) is 17.5. The molecule has 0 amide bonds. The van der Waals surface area contributed by atoms with Gasteiger partial charge in [0, 0.05) is 51.9 Å². The predicted octanol–water partition coefficient (Wildman–Crippen LogP) is 1.78. The summed E-state index contributed by atoms with van der Waals surface area (Å²) in [6.45, 7) is 6.02. The lowest BCUT2D eigenvalue weighted by Gasteiger charge is -2.36. The molecule has 0 spiro atoms. The van der Waals surface area contributed by atoms with Gasteiger partial charge < -0.3 is 19.6 Å². The van der Waals surface area contributed by atoms with E-state index in [4.69, 9.17) is 9.72 Å². The van der Waals surface area contributed by atoms with E-state index < -0.39 is 0 Å². The smallest absolute Gasteiger partial charge is 0.149 e. The second-order valence-corrected chi connectivity index (χ2v) is 7.89. The van der Waals surface area contributed by atoms with Crippen LogP contribution in [0.2, 0.25) is 0 Å². The Hall–Kier alpha value is -2.66. The molecule has 2 aliphatic rings. The standard InChI is InChI=1S/C23H29N5O2/c1-26(9-12-29)22-20(15-24)19-7-8-27(16-18-5-3-2-4-6-18)17-21(19)23(25-22)28-10-13-30-14-11-28/h2-6,29H,7-14,16-17H2,1H3. The first-order chi connectivity index (χ1) is 14.7. The molecule has 7 nitrogen and oxygen atoms in total. The fourth-order valence-electron chi connectivity index (χ4n) is 4.32. The molecule has 158 valence electrons. The zero-order chi connectivity index (χ0) is 20.9. The molecular weight excluding hydrogens is 378 g/mol. The van der Waals surface area contributed by atoms with Crippen molar-refractivity contribution in [1.82, 2.24) is 9.88 Å². The molecular formula is C23H29N5O2. The van der Waals surface area contributed by atoms with E-state index in [1.165, 1.54) is 5.56 Å². The van der Waals surface area contributed by atoms with Crippen LogP contribution in [0.4, 0.5) is 11.6 Å². The third-order valence-electron chi connectivity index (χ3n) is 5.90. The normalized spacial score (nSPS) is 16.8. The minimum absolute atomic E-state index is 0.0257. The first kappa shape index (κ1) is 20.6. The molecule has 1 aromatic heterocycles. The topological polar surface area (TPSA) is 75.9 Å². The molecule has 0 bridgehead atoms. The average molecular weight is 408 g/mol. The summed E-state index contributed by atoms with van der Waals surface area (Å²) in [5.41, 5.74) is 4.22. The van der Waals surface area contributed by atoms with E-state index in [9.17, 15) is 10.4 Å². The van der Waals surface area contributed by atoms with Crippen LogP contribution in [0.5, 0.6) is 0 Å². The van der Waals surface area contributed by atoms with Gasteiger partial charge in [0.2, 0.25) is 0 Å². The van der Waals surface area contributed by atoms with E-state index in [-0.39, 0.29) is 6.61 Å². The zero-order valence-electron chi connectivity index (χ0n) is 17.5. The quantitative estimate of drug-likeness (QED) is 0.782. The average Bonchev–Trinajstić information content (AvgIpc) is 2.79. The number of rotatable bonds is 6. The molecule has 2 aliphatic heterocycles. The van der Waals surface area contributed by atoms with Crippen LogP contribution in [-0.4, -0.2) is 68.0 Å². The van der Waals surface area contributed by atoms with E-state index in [1.54, 1.807) is 0 Å². The van der Waals surface area contributed by atoms with Crippen molar-refractivity contribution in [3.8, 4) is 6.07 Å². The maximum absolute atomic E-state index is 9.97. The summed E-state index contributed by atoms with van der Waals surface area (Å²) in [4.78, 5) is 11.6. The number of hydrogen-bond acceptors (Lipinski definition) is 7. The number of pyridine rings is 1. The summed E-state index contributed by atoms with van der Waals surface area (Å²) in [7, 11) is 1.89. The van der Waals surface area contributed by atoms with E-state index in [0.717, 1.165) is 56.1 Å². The van der Waals surface area contributed by atoms with Gasteiger partial charge in [-0.1, -0.05) is 30.3 Å². The Morgan fingerprint density at radius 3 is 2.63 bits per heavy atom. The number of hydrogen-bond donors (Lipinski definition) is 1. The molecule has 0 unspecified atom stereocenters. The molecule has 3 heterocycles. The fourth-order valence-corrected chi connectivity index (χ4v) is 4.32. The van der Waals surface area contributed by atoms with E-state index in [1.807, 2.05) is 18.0 Å².